The van der Waals surface area contributed by atoms with Gasteiger partial charge in [-0.1, -0.05) is 103 Å². The van der Waals surface area contributed by atoms with Crippen LogP contribution in [0.25, 0.3) is 11.0 Å². The lowest BCUT2D eigenvalue weighted by molar-refractivity contribution is -0.930. The van der Waals surface area contributed by atoms with Crippen molar-refractivity contribution in [1.82, 2.24) is 0 Å². The van der Waals surface area contributed by atoms with Gasteiger partial charge in [0, 0.05) is 17.0 Å². The Hall–Kier alpha value is -4.48. The molecule has 5 aromatic rings. The van der Waals surface area contributed by atoms with Crippen molar-refractivity contribution >= 4 is 16.8 Å². The minimum Gasteiger partial charge on any atom is -0.507 e. The highest BCUT2D eigenvalue weighted by Gasteiger charge is 2.37. The van der Waals surface area contributed by atoms with Crippen molar-refractivity contribution in [2.75, 3.05) is 6.54 Å². The first-order valence-electron chi connectivity index (χ1n) is 13.2. The lowest BCUT2D eigenvalue weighted by atomic mass is 9.78. The number of hydrogen-bond acceptors (Lipinski definition) is 4. The zero-order valence-electron chi connectivity index (χ0n) is 21.9. The van der Waals surface area contributed by atoms with Crippen molar-refractivity contribution in [3.63, 3.8) is 0 Å². The third-order valence-corrected chi connectivity index (χ3v) is 7.32. The number of nitrogens with one attached hydrogen (secondary N) is 1. The first-order chi connectivity index (χ1) is 19.0. The average Bonchev–Trinajstić information content (AvgIpc) is 2.95. The van der Waals surface area contributed by atoms with Crippen molar-refractivity contribution in [3.8, 4) is 5.75 Å². The van der Waals surface area contributed by atoms with E-state index in [2.05, 4.69) is 24.3 Å². The van der Waals surface area contributed by atoms with Gasteiger partial charge in [-0.25, -0.2) is 4.79 Å². The van der Waals surface area contributed by atoms with Gasteiger partial charge < -0.3 is 14.4 Å². The molecular weight excluding hydrogens is 486 g/mol. The average molecular weight is 519 g/mol. The highest BCUT2D eigenvalue weighted by atomic mass is 16.4. The summed E-state index contributed by atoms with van der Waals surface area (Å²) < 4.78 is 5.67. The molecule has 0 amide bonds. The summed E-state index contributed by atoms with van der Waals surface area (Å²) >= 11 is 0. The molecule has 196 valence electrons. The molecular formula is C34H32NO4+. The van der Waals surface area contributed by atoms with Crippen LogP contribution in [0.5, 0.6) is 5.75 Å². The molecule has 1 aromatic heterocycles. The number of fused-ring (bicyclic) bond motifs is 1. The second-order valence-corrected chi connectivity index (χ2v) is 10.0. The first-order valence-corrected chi connectivity index (χ1v) is 13.2. The summed E-state index contributed by atoms with van der Waals surface area (Å²) in [5.41, 5.74) is 2.92. The fourth-order valence-corrected chi connectivity index (χ4v) is 5.47. The minimum atomic E-state index is -0.675. The van der Waals surface area contributed by atoms with Crippen LogP contribution in [-0.4, -0.2) is 17.4 Å². The quantitative estimate of drug-likeness (QED) is 0.252. The summed E-state index contributed by atoms with van der Waals surface area (Å²) in [6, 6.07) is 36.8. The Labute approximate surface area is 228 Å². The molecule has 0 spiro atoms. The summed E-state index contributed by atoms with van der Waals surface area (Å²) in [6.07, 6.45) is 0. The molecule has 0 bridgehead atoms. The maximum absolute atomic E-state index is 13.4. The molecule has 2 unspecified atom stereocenters. The molecule has 4 aromatic carbocycles. The van der Waals surface area contributed by atoms with E-state index < -0.39 is 17.5 Å². The molecule has 0 aliphatic rings. The topological polar surface area (TPSA) is 72.0 Å². The molecule has 2 N–H and O–H groups in total. The van der Waals surface area contributed by atoms with Crippen molar-refractivity contribution in [1.29, 1.82) is 0 Å². The van der Waals surface area contributed by atoms with E-state index in [1.807, 2.05) is 66.7 Å². The molecule has 5 rings (SSSR count). The van der Waals surface area contributed by atoms with E-state index in [-0.39, 0.29) is 17.1 Å². The standard InChI is InChI=1S/C34H31NO4/c1-24(36)29(23-35(21-25-13-5-2-6-14-25)22-26-15-7-3-8-16-26)31(27-17-9-4-10-18-27)32-33(37)28-19-11-12-20-30(28)39-34(32)38/h2-20,29,31,37H,21-23H2,1H3/p+1. The molecule has 0 aliphatic heterocycles. The summed E-state index contributed by atoms with van der Waals surface area (Å²) in [5.74, 6) is -1.43. The predicted octanol–water partition coefficient (Wildman–Crippen LogP) is 5.12. The first kappa shape index (κ1) is 26.1. The predicted molar refractivity (Wildman–Crippen MR) is 153 cm³/mol. The number of aromatic hydroxyl groups is 1. The van der Waals surface area contributed by atoms with Crippen molar-refractivity contribution < 1.29 is 19.2 Å². The van der Waals surface area contributed by atoms with Crippen LogP contribution in [0.2, 0.25) is 0 Å². The fourth-order valence-electron chi connectivity index (χ4n) is 5.47. The van der Waals surface area contributed by atoms with Crippen LogP contribution in [0.4, 0.5) is 0 Å². The largest absolute Gasteiger partial charge is 0.507 e. The number of carbonyl (C=O) groups excluding carboxylic acids is 1. The maximum Gasteiger partial charge on any atom is 0.343 e. The van der Waals surface area contributed by atoms with Crippen LogP contribution in [0, 0.1) is 5.92 Å². The normalized spacial score (nSPS) is 12.9. The zero-order chi connectivity index (χ0) is 27.2. The van der Waals surface area contributed by atoms with Crippen LogP contribution in [0.15, 0.2) is 124 Å². The van der Waals surface area contributed by atoms with Gasteiger partial charge >= 0.3 is 5.63 Å². The summed E-state index contributed by atoms with van der Waals surface area (Å²) in [7, 11) is 0. The van der Waals surface area contributed by atoms with Crippen molar-refractivity contribution in [2.24, 2.45) is 5.92 Å². The lowest BCUT2D eigenvalue weighted by Gasteiger charge is -2.30. The maximum atomic E-state index is 13.4. The highest BCUT2D eigenvalue weighted by molar-refractivity contribution is 5.85. The Bertz CT molecular complexity index is 1560. The van der Waals surface area contributed by atoms with Gasteiger partial charge in [0.25, 0.3) is 0 Å². The molecule has 2 atom stereocenters. The Morgan fingerprint density at radius 3 is 1.85 bits per heavy atom. The Morgan fingerprint density at radius 2 is 1.28 bits per heavy atom. The third kappa shape index (κ3) is 6.00. The molecule has 5 nitrogen and oxygen atoms in total. The van der Waals surface area contributed by atoms with Gasteiger partial charge in [0.05, 0.1) is 23.4 Å². The number of carbonyl (C=O) groups is 1. The van der Waals surface area contributed by atoms with Crippen molar-refractivity contribution in [3.05, 3.63) is 148 Å². The second-order valence-electron chi connectivity index (χ2n) is 10.0. The number of Topliss-reactive ketones (excluding diaryl/α,β-unsaturated/α-hetero) is 1. The van der Waals surface area contributed by atoms with E-state index in [1.165, 1.54) is 4.90 Å². The monoisotopic (exact) mass is 518 g/mol. The van der Waals surface area contributed by atoms with Crippen LogP contribution in [0.3, 0.4) is 0 Å². The smallest absolute Gasteiger partial charge is 0.343 e. The van der Waals surface area contributed by atoms with Crippen LogP contribution < -0.4 is 10.5 Å². The van der Waals surface area contributed by atoms with Crippen molar-refractivity contribution in [2.45, 2.75) is 25.9 Å². The van der Waals surface area contributed by atoms with E-state index >= 15 is 0 Å². The molecule has 0 radical (unpaired) electrons. The molecule has 0 saturated carbocycles. The Balaban J connectivity index is 1.61. The minimum absolute atomic E-state index is 0.0468. The number of para-hydroxylation sites is 1. The van der Waals surface area contributed by atoms with Crippen LogP contribution in [0.1, 0.15) is 35.1 Å². The van der Waals surface area contributed by atoms with Gasteiger partial charge in [-0.2, -0.15) is 0 Å². The van der Waals surface area contributed by atoms with Gasteiger partial charge in [0.2, 0.25) is 0 Å². The number of benzene rings is 4. The number of hydrogen-bond donors (Lipinski definition) is 2. The summed E-state index contributed by atoms with van der Waals surface area (Å²) in [5, 5.41) is 11.9. The molecule has 5 heteroatoms. The highest BCUT2D eigenvalue weighted by Crippen LogP contribution is 2.38. The molecule has 0 aliphatic carbocycles. The molecule has 1 heterocycles. The van der Waals surface area contributed by atoms with E-state index in [0.29, 0.717) is 30.6 Å². The number of quaternary nitrogens is 1. The number of rotatable bonds is 10. The van der Waals surface area contributed by atoms with Gasteiger partial charge in [-0.3, -0.25) is 4.79 Å². The van der Waals surface area contributed by atoms with E-state index in [0.717, 1.165) is 16.7 Å². The Kier molecular flexibility index (Phi) is 7.99. The van der Waals surface area contributed by atoms with E-state index in [1.54, 1.807) is 31.2 Å². The molecule has 0 fully saturated rings. The van der Waals surface area contributed by atoms with Gasteiger partial charge in [0.1, 0.15) is 30.2 Å². The lowest BCUT2D eigenvalue weighted by Crippen LogP contribution is -3.10. The Morgan fingerprint density at radius 1 is 0.769 bits per heavy atom. The van der Waals surface area contributed by atoms with Gasteiger partial charge in [0.15, 0.2) is 0 Å². The van der Waals surface area contributed by atoms with Crippen LogP contribution >= 0.6 is 0 Å². The second kappa shape index (κ2) is 11.9. The summed E-state index contributed by atoms with van der Waals surface area (Å²) in [6.45, 7) is 3.45. The fraction of sp³-hybridized carbons (Fsp3) is 0.176. The summed E-state index contributed by atoms with van der Waals surface area (Å²) in [4.78, 5) is 28.0. The number of ketones is 1. The van der Waals surface area contributed by atoms with E-state index in [9.17, 15) is 14.7 Å². The molecule has 39 heavy (non-hydrogen) atoms. The third-order valence-electron chi connectivity index (χ3n) is 7.32. The van der Waals surface area contributed by atoms with Gasteiger partial charge in [-0.15, -0.1) is 0 Å². The zero-order valence-corrected chi connectivity index (χ0v) is 21.9. The SMILES string of the molecule is CC(=O)C(C[NH+](Cc1ccccc1)Cc1ccccc1)C(c1ccccc1)c1c(O)c2ccccc2oc1=O. The van der Waals surface area contributed by atoms with Gasteiger partial charge in [-0.05, 0) is 24.6 Å². The molecule has 0 saturated heterocycles. The van der Waals surface area contributed by atoms with E-state index in [4.69, 9.17) is 4.42 Å². The van der Waals surface area contributed by atoms with Crippen LogP contribution in [-0.2, 0) is 17.9 Å².